The monoisotopic (exact) mass is 421 g/mol. The van der Waals surface area contributed by atoms with Gasteiger partial charge in [-0.05, 0) is 29.1 Å². The lowest BCUT2D eigenvalue weighted by Gasteiger charge is -2.46. The fourth-order valence-corrected chi connectivity index (χ4v) is 5.18. The highest BCUT2D eigenvalue weighted by atomic mass is 28.4. The smallest absolute Gasteiger partial charge is 0.407 e. The SMILES string of the molecule is CC(C)(C)[C@@]1(COCc2ccccc2)C[C@H](O[Si](C)(C)C(C)(C)C)CN1C(=O)O. The Balaban J connectivity index is 2.24. The van der Waals surface area contributed by atoms with Crippen molar-refractivity contribution in [1.82, 2.24) is 4.90 Å². The van der Waals surface area contributed by atoms with Crippen LogP contribution in [0.25, 0.3) is 0 Å². The van der Waals surface area contributed by atoms with E-state index in [1.165, 1.54) is 0 Å². The summed E-state index contributed by atoms with van der Waals surface area (Å²) in [6.45, 7) is 18.6. The summed E-state index contributed by atoms with van der Waals surface area (Å²) in [5, 5.41) is 10.1. The Bertz CT molecular complexity index is 693. The van der Waals surface area contributed by atoms with E-state index in [1.54, 1.807) is 4.90 Å². The first kappa shape index (κ1) is 23.9. The highest BCUT2D eigenvalue weighted by molar-refractivity contribution is 6.74. The minimum absolute atomic E-state index is 0.0812. The Morgan fingerprint density at radius 3 is 2.24 bits per heavy atom. The third-order valence-electron chi connectivity index (χ3n) is 6.82. The highest BCUT2D eigenvalue weighted by Gasteiger charge is 2.56. The molecule has 6 heteroatoms. The van der Waals surface area contributed by atoms with Crippen LogP contribution in [0.5, 0.6) is 0 Å². The second-order valence-electron chi connectivity index (χ2n) is 10.9. The van der Waals surface area contributed by atoms with Crippen molar-refractivity contribution < 1.29 is 19.1 Å². The molecule has 1 aliphatic heterocycles. The number of amides is 1. The van der Waals surface area contributed by atoms with Crippen molar-refractivity contribution >= 4 is 14.4 Å². The fourth-order valence-electron chi connectivity index (χ4n) is 3.84. The van der Waals surface area contributed by atoms with Crippen LogP contribution in [0.4, 0.5) is 4.79 Å². The molecule has 0 bridgehead atoms. The summed E-state index contributed by atoms with van der Waals surface area (Å²) in [6.07, 6.45) is -0.347. The minimum atomic E-state index is -2.00. The zero-order valence-corrected chi connectivity index (χ0v) is 20.4. The fraction of sp³-hybridized carbons (Fsp3) is 0.696. The molecule has 29 heavy (non-hydrogen) atoms. The van der Waals surface area contributed by atoms with E-state index < -0.39 is 19.9 Å². The van der Waals surface area contributed by atoms with Crippen molar-refractivity contribution in [2.45, 2.75) is 84.3 Å². The van der Waals surface area contributed by atoms with Crippen molar-refractivity contribution in [1.29, 1.82) is 0 Å². The van der Waals surface area contributed by atoms with Gasteiger partial charge in [-0.25, -0.2) is 4.79 Å². The predicted octanol–water partition coefficient (Wildman–Crippen LogP) is 5.76. The van der Waals surface area contributed by atoms with E-state index in [2.05, 4.69) is 54.6 Å². The summed E-state index contributed by atoms with van der Waals surface area (Å²) < 4.78 is 12.7. The maximum atomic E-state index is 12.2. The molecule has 0 saturated carbocycles. The molecule has 164 valence electrons. The molecule has 1 saturated heterocycles. The zero-order chi connectivity index (χ0) is 22.1. The number of carbonyl (C=O) groups is 1. The van der Waals surface area contributed by atoms with Crippen molar-refractivity contribution in [2.24, 2.45) is 5.41 Å². The van der Waals surface area contributed by atoms with Crippen molar-refractivity contribution in [3.8, 4) is 0 Å². The molecule has 2 atom stereocenters. The molecule has 1 amide bonds. The molecule has 2 rings (SSSR count). The molecule has 5 nitrogen and oxygen atoms in total. The molecule has 1 aromatic carbocycles. The van der Waals surface area contributed by atoms with Crippen molar-refractivity contribution in [2.75, 3.05) is 13.2 Å². The second kappa shape index (κ2) is 8.40. The van der Waals surface area contributed by atoms with E-state index in [-0.39, 0.29) is 16.6 Å². The first-order valence-electron chi connectivity index (χ1n) is 10.5. The molecule has 0 unspecified atom stereocenters. The lowest BCUT2D eigenvalue weighted by Crippen LogP contribution is -2.58. The van der Waals surface area contributed by atoms with Crippen LogP contribution in [-0.4, -0.2) is 49.2 Å². The lowest BCUT2D eigenvalue weighted by atomic mass is 9.72. The van der Waals surface area contributed by atoms with Crippen LogP contribution in [0.15, 0.2) is 30.3 Å². The van der Waals surface area contributed by atoms with Gasteiger partial charge in [0.1, 0.15) is 0 Å². The number of nitrogens with zero attached hydrogens (tertiary/aromatic N) is 1. The number of hydrogen-bond donors (Lipinski definition) is 1. The van der Waals surface area contributed by atoms with Gasteiger partial charge in [0.05, 0.1) is 24.9 Å². The number of carboxylic acid groups (broad SMARTS) is 1. The predicted molar refractivity (Wildman–Crippen MR) is 120 cm³/mol. The normalized spacial score (nSPS) is 23.4. The summed E-state index contributed by atoms with van der Waals surface area (Å²) in [5.41, 5.74) is 0.180. The molecule has 0 aromatic heterocycles. The van der Waals surface area contributed by atoms with Crippen LogP contribution in [0.3, 0.4) is 0 Å². The first-order valence-corrected chi connectivity index (χ1v) is 13.4. The number of ether oxygens (including phenoxy) is 1. The maximum absolute atomic E-state index is 12.2. The van der Waals surface area contributed by atoms with E-state index >= 15 is 0 Å². The molecule has 1 fully saturated rings. The Morgan fingerprint density at radius 2 is 1.76 bits per heavy atom. The molecule has 1 N–H and O–H groups in total. The minimum Gasteiger partial charge on any atom is -0.465 e. The average molecular weight is 422 g/mol. The van der Waals surface area contributed by atoms with Crippen LogP contribution >= 0.6 is 0 Å². The summed E-state index contributed by atoms with van der Waals surface area (Å²) in [5.74, 6) is 0. The molecule has 0 radical (unpaired) electrons. The molecule has 0 spiro atoms. The summed E-state index contributed by atoms with van der Waals surface area (Å²) >= 11 is 0. The molecule has 1 heterocycles. The van der Waals surface area contributed by atoms with E-state index in [0.717, 1.165) is 5.56 Å². The standard InChI is InChI=1S/C23H39NO4Si/c1-21(2,3)23(17-27-16-18-12-10-9-11-13-18)14-19(15-24(23)20(25)26)28-29(7,8)22(4,5)6/h9-13,19H,14-17H2,1-8H3,(H,25,26)/t19-,23-/m0/s1. The average Bonchev–Trinajstić information content (AvgIpc) is 2.94. The summed E-state index contributed by atoms with van der Waals surface area (Å²) in [6, 6.07) is 10.0. The summed E-state index contributed by atoms with van der Waals surface area (Å²) in [7, 11) is -2.00. The van der Waals surface area contributed by atoms with Gasteiger partial charge in [-0.15, -0.1) is 0 Å². The van der Waals surface area contributed by atoms with Gasteiger partial charge in [0.2, 0.25) is 0 Å². The van der Waals surface area contributed by atoms with E-state index in [4.69, 9.17) is 9.16 Å². The quantitative estimate of drug-likeness (QED) is 0.593. The van der Waals surface area contributed by atoms with Gasteiger partial charge in [-0.1, -0.05) is 71.9 Å². The Hall–Kier alpha value is -1.37. The molecule has 0 aliphatic carbocycles. The number of benzene rings is 1. The first-order chi connectivity index (χ1) is 13.2. The zero-order valence-electron chi connectivity index (χ0n) is 19.4. The third kappa shape index (κ3) is 5.22. The lowest BCUT2D eigenvalue weighted by molar-refractivity contribution is -0.0456. The van der Waals surface area contributed by atoms with Gasteiger partial charge in [0.15, 0.2) is 8.32 Å². The van der Waals surface area contributed by atoms with Crippen molar-refractivity contribution in [3.05, 3.63) is 35.9 Å². The molecule has 1 aromatic rings. The molecular formula is C23H39NO4Si. The highest BCUT2D eigenvalue weighted by Crippen LogP contribution is 2.47. The number of likely N-dealkylation sites (tertiary alicyclic amines) is 1. The maximum Gasteiger partial charge on any atom is 0.407 e. The number of hydrogen-bond acceptors (Lipinski definition) is 3. The van der Waals surface area contributed by atoms with Crippen LogP contribution in [0, 0.1) is 5.41 Å². The van der Waals surface area contributed by atoms with Gasteiger partial charge >= 0.3 is 6.09 Å². The van der Waals surface area contributed by atoms with Gasteiger partial charge in [-0.3, -0.25) is 4.90 Å². The van der Waals surface area contributed by atoms with Crippen LogP contribution < -0.4 is 0 Å². The van der Waals surface area contributed by atoms with Crippen LogP contribution in [0.1, 0.15) is 53.5 Å². The second-order valence-corrected chi connectivity index (χ2v) is 15.6. The van der Waals surface area contributed by atoms with Crippen LogP contribution in [-0.2, 0) is 15.8 Å². The van der Waals surface area contributed by atoms with Gasteiger partial charge < -0.3 is 14.3 Å². The van der Waals surface area contributed by atoms with E-state index in [1.807, 2.05) is 30.3 Å². The topological polar surface area (TPSA) is 59.0 Å². The van der Waals surface area contributed by atoms with Crippen LogP contribution in [0.2, 0.25) is 18.1 Å². The van der Waals surface area contributed by atoms with Gasteiger partial charge in [-0.2, -0.15) is 0 Å². The largest absolute Gasteiger partial charge is 0.465 e. The third-order valence-corrected chi connectivity index (χ3v) is 11.4. The Morgan fingerprint density at radius 1 is 1.17 bits per heavy atom. The Labute approximate surface area is 177 Å². The van der Waals surface area contributed by atoms with Gasteiger partial charge in [0.25, 0.3) is 0 Å². The molecule has 1 aliphatic rings. The van der Waals surface area contributed by atoms with Crippen molar-refractivity contribution in [3.63, 3.8) is 0 Å². The van der Waals surface area contributed by atoms with Gasteiger partial charge in [0, 0.05) is 13.0 Å². The van der Waals surface area contributed by atoms with E-state index in [0.29, 0.717) is 26.2 Å². The number of rotatable bonds is 6. The molecular weight excluding hydrogens is 382 g/mol. The summed E-state index contributed by atoms with van der Waals surface area (Å²) in [4.78, 5) is 13.8. The van der Waals surface area contributed by atoms with E-state index in [9.17, 15) is 9.90 Å². The Kier molecular flexibility index (Phi) is 6.92.